The van der Waals surface area contributed by atoms with E-state index < -0.39 is 5.82 Å². The van der Waals surface area contributed by atoms with Crippen molar-refractivity contribution < 1.29 is 4.39 Å². The van der Waals surface area contributed by atoms with E-state index in [0.29, 0.717) is 6.04 Å². The zero-order chi connectivity index (χ0) is 11.5. The Bertz CT molecular complexity index is 361. The molecule has 1 aliphatic rings. The van der Waals surface area contributed by atoms with E-state index in [4.69, 9.17) is 5.73 Å². The van der Waals surface area contributed by atoms with Crippen LogP contribution in [0.3, 0.4) is 0 Å². The van der Waals surface area contributed by atoms with Gasteiger partial charge in [-0.05, 0) is 31.6 Å². The fourth-order valence-corrected chi connectivity index (χ4v) is 2.08. The lowest BCUT2D eigenvalue weighted by molar-refractivity contribution is 0.360. The van der Waals surface area contributed by atoms with Crippen molar-refractivity contribution in [3.63, 3.8) is 0 Å². The van der Waals surface area contributed by atoms with Crippen LogP contribution in [0.1, 0.15) is 32.6 Å². The molecule has 0 aromatic carbocycles. The molecule has 1 saturated carbocycles. The standard InChI is InChI=1S/C11H17FN4/c1-7-2-4-8(5-3-7)15-10-9(12)6-14-11(13)16-10/h6-8H,2-5H2,1H3,(H3,13,14,15,16). The normalized spacial score (nSPS) is 25.4. The second kappa shape index (κ2) is 4.63. The highest BCUT2D eigenvalue weighted by Crippen LogP contribution is 2.26. The van der Waals surface area contributed by atoms with Crippen LogP contribution in [-0.4, -0.2) is 16.0 Å². The Morgan fingerprint density at radius 2 is 2.06 bits per heavy atom. The molecule has 0 amide bonds. The first kappa shape index (κ1) is 11.1. The monoisotopic (exact) mass is 224 g/mol. The highest BCUT2D eigenvalue weighted by Gasteiger charge is 2.19. The molecule has 0 saturated heterocycles. The maximum absolute atomic E-state index is 13.4. The molecule has 1 aromatic heterocycles. The first-order valence-electron chi connectivity index (χ1n) is 5.69. The SMILES string of the molecule is CC1CCC(Nc2nc(N)ncc2F)CC1. The maximum Gasteiger partial charge on any atom is 0.222 e. The lowest BCUT2D eigenvalue weighted by Crippen LogP contribution is -2.26. The molecule has 88 valence electrons. The van der Waals surface area contributed by atoms with Gasteiger partial charge in [0, 0.05) is 6.04 Å². The van der Waals surface area contributed by atoms with Gasteiger partial charge in [-0.1, -0.05) is 6.92 Å². The van der Waals surface area contributed by atoms with Crippen LogP contribution in [0.2, 0.25) is 0 Å². The summed E-state index contributed by atoms with van der Waals surface area (Å²) in [5.41, 5.74) is 5.43. The summed E-state index contributed by atoms with van der Waals surface area (Å²) in [6.07, 6.45) is 5.59. The number of aromatic nitrogens is 2. The molecule has 0 unspecified atom stereocenters. The molecule has 0 bridgehead atoms. The van der Waals surface area contributed by atoms with Crippen LogP contribution in [0.25, 0.3) is 0 Å². The zero-order valence-electron chi connectivity index (χ0n) is 9.41. The summed E-state index contributed by atoms with van der Waals surface area (Å²) in [5, 5.41) is 3.10. The van der Waals surface area contributed by atoms with Gasteiger partial charge in [0.15, 0.2) is 11.6 Å². The summed E-state index contributed by atoms with van der Waals surface area (Å²) in [6, 6.07) is 0.306. The van der Waals surface area contributed by atoms with Crippen molar-refractivity contribution in [3.8, 4) is 0 Å². The third-order valence-corrected chi connectivity index (χ3v) is 3.12. The van der Waals surface area contributed by atoms with Gasteiger partial charge in [-0.25, -0.2) is 9.37 Å². The highest BCUT2D eigenvalue weighted by molar-refractivity contribution is 5.40. The quantitative estimate of drug-likeness (QED) is 0.808. The fourth-order valence-electron chi connectivity index (χ4n) is 2.08. The third-order valence-electron chi connectivity index (χ3n) is 3.12. The largest absolute Gasteiger partial charge is 0.368 e. The lowest BCUT2D eigenvalue weighted by atomic mass is 9.87. The van der Waals surface area contributed by atoms with E-state index in [-0.39, 0.29) is 11.8 Å². The van der Waals surface area contributed by atoms with Crippen LogP contribution in [0.5, 0.6) is 0 Å². The molecule has 5 heteroatoms. The van der Waals surface area contributed by atoms with Gasteiger partial charge in [0.25, 0.3) is 0 Å². The number of anilines is 2. The number of hydrogen-bond acceptors (Lipinski definition) is 4. The molecule has 1 aliphatic carbocycles. The van der Waals surface area contributed by atoms with Crippen LogP contribution in [0, 0.1) is 11.7 Å². The number of halogens is 1. The van der Waals surface area contributed by atoms with E-state index in [2.05, 4.69) is 22.2 Å². The van der Waals surface area contributed by atoms with E-state index in [1.54, 1.807) is 0 Å². The highest BCUT2D eigenvalue weighted by atomic mass is 19.1. The fraction of sp³-hybridized carbons (Fsp3) is 0.636. The van der Waals surface area contributed by atoms with Crippen molar-refractivity contribution in [2.75, 3.05) is 11.1 Å². The Morgan fingerprint density at radius 1 is 1.38 bits per heavy atom. The molecule has 0 atom stereocenters. The van der Waals surface area contributed by atoms with Crippen molar-refractivity contribution in [2.24, 2.45) is 5.92 Å². The number of nitrogens with zero attached hydrogens (tertiary/aromatic N) is 2. The second-order valence-corrected chi connectivity index (χ2v) is 4.53. The number of hydrogen-bond donors (Lipinski definition) is 2. The van der Waals surface area contributed by atoms with Crippen molar-refractivity contribution in [1.29, 1.82) is 0 Å². The van der Waals surface area contributed by atoms with E-state index in [1.165, 1.54) is 12.8 Å². The first-order valence-corrected chi connectivity index (χ1v) is 5.69. The minimum absolute atomic E-state index is 0.105. The molecule has 2 rings (SSSR count). The number of nitrogens with one attached hydrogen (secondary N) is 1. The molecule has 4 nitrogen and oxygen atoms in total. The van der Waals surface area contributed by atoms with Crippen LogP contribution in [-0.2, 0) is 0 Å². The van der Waals surface area contributed by atoms with Gasteiger partial charge in [-0.2, -0.15) is 4.98 Å². The first-order chi connectivity index (χ1) is 7.65. The molecule has 0 radical (unpaired) electrons. The Morgan fingerprint density at radius 3 is 2.75 bits per heavy atom. The molecular weight excluding hydrogens is 207 g/mol. The zero-order valence-corrected chi connectivity index (χ0v) is 9.41. The lowest BCUT2D eigenvalue weighted by Gasteiger charge is -2.27. The van der Waals surface area contributed by atoms with Gasteiger partial charge in [0.1, 0.15) is 0 Å². The van der Waals surface area contributed by atoms with Gasteiger partial charge in [0.05, 0.1) is 6.20 Å². The van der Waals surface area contributed by atoms with E-state index in [9.17, 15) is 4.39 Å². The van der Waals surface area contributed by atoms with E-state index in [0.717, 1.165) is 25.0 Å². The van der Waals surface area contributed by atoms with Gasteiger partial charge >= 0.3 is 0 Å². The molecule has 16 heavy (non-hydrogen) atoms. The van der Waals surface area contributed by atoms with Gasteiger partial charge in [-0.3, -0.25) is 0 Å². The predicted octanol–water partition coefficient (Wildman–Crippen LogP) is 2.19. The van der Waals surface area contributed by atoms with Gasteiger partial charge in [-0.15, -0.1) is 0 Å². The van der Waals surface area contributed by atoms with Crippen molar-refractivity contribution >= 4 is 11.8 Å². The molecule has 0 spiro atoms. The maximum atomic E-state index is 13.4. The van der Waals surface area contributed by atoms with E-state index in [1.807, 2.05) is 0 Å². The van der Waals surface area contributed by atoms with Crippen molar-refractivity contribution in [2.45, 2.75) is 38.6 Å². The Hall–Kier alpha value is -1.39. The molecular formula is C11H17FN4. The minimum atomic E-state index is -0.437. The Balaban J connectivity index is 2.00. The van der Waals surface area contributed by atoms with Gasteiger partial charge in [0.2, 0.25) is 5.95 Å². The Labute approximate surface area is 94.5 Å². The summed E-state index contributed by atoms with van der Waals surface area (Å²) >= 11 is 0. The Kier molecular flexibility index (Phi) is 3.22. The average molecular weight is 224 g/mol. The van der Waals surface area contributed by atoms with Crippen LogP contribution < -0.4 is 11.1 Å². The molecule has 1 fully saturated rings. The number of nitrogens with two attached hydrogens (primary N) is 1. The average Bonchev–Trinajstić information content (AvgIpc) is 2.27. The predicted molar refractivity (Wildman–Crippen MR) is 61.4 cm³/mol. The molecule has 1 heterocycles. The van der Waals surface area contributed by atoms with Crippen LogP contribution >= 0.6 is 0 Å². The smallest absolute Gasteiger partial charge is 0.222 e. The number of nitrogen functional groups attached to an aromatic ring is 1. The van der Waals surface area contributed by atoms with E-state index >= 15 is 0 Å². The van der Waals surface area contributed by atoms with Crippen LogP contribution in [0.15, 0.2) is 6.20 Å². The molecule has 3 N–H and O–H groups in total. The summed E-state index contributed by atoms with van der Waals surface area (Å²) < 4.78 is 13.4. The summed E-state index contributed by atoms with van der Waals surface area (Å²) in [7, 11) is 0. The number of rotatable bonds is 2. The molecule has 1 aromatic rings. The summed E-state index contributed by atoms with van der Waals surface area (Å²) in [6.45, 7) is 2.25. The van der Waals surface area contributed by atoms with Crippen molar-refractivity contribution in [1.82, 2.24) is 9.97 Å². The second-order valence-electron chi connectivity index (χ2n) is 4.53. The van der Waals surface area contributed by atoms with Crippen LogP contribution in [0.4, 0.5) is 16.2 Å². The topological polar surface area (TPSA) is 63.8 Å². The van der Waals surface area contributed by atoms with Gasteiger partial charge < -0.3 is 11.1 Å². The van der Waals surface area contributed by atoms with Crippen molar-refractivity contribution in [3.05, 3.63) is 12.0 Å². The summed E-state index contributed by atoms with van der Waals surface area (Å²) in [5.74, 6) is 0.673. The minimum Gasteiger partial charge on any atom is -0.368 e. The summed E-state index contributed by atoms with van der Waals surface area (Å²) in [4.78, 5) is 7.46. The third kappa shape index (κ3) is 2.59. The molecule has 0 aliphatic heterocycles.